The van der Waals surface area contributed by atoms with Crippen LogP contribution >= 0.6 is 15.9 Å². The molecule has 1 aliphatic heterocycles. The molecule has 0 atom stereocenters. The van der Waals surface area contributed by atoms with Crippen molar-refractivity contribution < 1.29 is 9.53 Å². The van der Waals surface area contributed by atoms with Crippen LogP contribution in [0, 0.1) is 0 Å². The number of carbonyl (C=O) groups is 1. The van der Waals surface area contributed by atoms with Gasteiger partial charge in [-0.1, -0.05) is 34.8 Å². The van der Waals surface area contributed by atoms with Crippen LogP contribution in [0.4, 0.5) is 5.69 Å². The van der Waals surface area contributed by atoms with E-state index in [9.17, 15) is 4.79 Å². The number of halogens is 1. The summed E-state index contributed by atoms with van der Waals surface area (Å²) in [7, 11) is 1.73. The summed E-state index contributed by atoms with van der Waals surface area (Å²) >= 11 is 3.49. The first kappa shape index (κ1) is 16.4. The van der Waals surface area contributed by atoms with Gasteiger partial charge in [-0.05, 0) is 66.3 Å². The second-order valence-corrected chi connectivity index (χ2v) is 7.60. The average molecular weight is 398 g/mol. The van der Waals surface area contributed by atoms with E-state index in [1.54, 1.807) is 7.11 Å². The van der Waals surface area contributed by atoms with E-state index in [1.807, 2.05) is 36.4 Å². The summed E-state index contributed by atoms with van der Waals surface area (Å²) in [4.78, 5) is 12.4. The molecule has 2 aromatic rings. The smallest absolute Gasteiger partial charge is 0.256 e. The van der Waals surface area contributed by atoms with E-state index < -0.39 is 0 Å². The van der Waals surface area contributed by atoms with Gasteiger partial charge in [-0.3, -0.25) is 4.79 Å². The van der Waals surface area contributed by atoms with Crippen LogP contribution in [0.5, 0.6) is 5.75 Å². The second-order valence-electron chi connectivity index (χ2n) is 6.68. The van der Waals surface area contributed by atoms with Gasteiger partial charge in [0.15, 0.2) is 0 Å². The van der Waals surface area contributed by atoms with Crippen molar-refractivity contribution in [1.82, 2.24) is 0 Å². The topological polar surface area (TPSA) is 38.3 Å². The lowest BCUT2D eigenvalue weighted by Crippen LogP contribution is -2.03. The molecular weight excluding hydrogens is 378 g/mol. The molecule has 1 saturated carbocycles. The van der Waals surface area contributed by atoms with Gasteiger partial charge in [-0.15, -0.1) is 0 Å². The number of fused-ring (bicyclic) bond motifs is 1. The van der Waals surface area contributed by atoms with Gasteiger partial charge in [-0.2, -0.15) is 0 Å². The van der Waals surface area contributed by atoms with E-state index in [0.29, 0.717) is 11.5 Å². The van der Waals surface area contributed by atoms with Crippen LogP contribution in [0.1, 0.15) is 48.3 Å². The van der Waals surface area contributed by atoms with E-state index in [0.717, 1.165) is 27.0 Å². The van der Waals surface area contributed by atoms with Gasteiger partial charge in [0.05, 0.1) is 7.11 Å². The standard InChI is InChI=1S/C21H20BrNO2/c1-25-20-9-6-13(10-16(20)14-4-2-3-5-14)11-18-17-12-15(22)7-8-19(17)23-21(18)24/h6-12,14H,2-5H2,1H3,(H,23,24). The number of amides is 1. The molecule has 25 heavy (non-hydrogen) atoms. The van der Waals surface area contributed by atoms with Gasteiger partial charge in [0.25, 0.3) is 5.91 Å². The Morgan fingerprint density at radius 2 is 1.96 bits per heavy atom. The summed E-state index contributed by atoms with van der Waals surface area (Å²) in [5.41, 5.74) is 4.82. The summed E-state index contributed by atoms with van der Waals surface area (Å²) in [6.45, 7) is 0. The predicted octanol–water partition coefficient (Wildman–Crippen LogP) is 5.61. The van der Waals surface area contributed by atoms with Crippen molar-refractivity contribution in [2.45, 2.75) is 31.6 Å². The maximum absolute atomic E-state index is 12.4. The molecule has 4 rings (SSSR count). The summed E-state index contributed by atoms with van der Waals surface area (Å²) in [5.74, 6) is 1.46. The van der Waals surface area contributed by atoms with Crippen LogP contribution in [-0.4, -0.2) is 13.0 Å². The van der Waals surface area contributed by atoms with Crippen molar-refractivity contribution in [3.63, 3.8) is 0 Å². The van der Waals surface area contributed by atoms with Crippen molar-refractivity contribution in [2.75, 3.05) is 12.4 Å². The lowest BCUT2D eigenvalue weighted by atomic mass is 9.94. The van der Waals surface area contributed by atoms with Crippen molar-refractivity contribution in [2.24, 2.45) is 0 Å². The molecule has 4 heteroatoms. The SMILES string of the molecule is COc1ccc(C=C2C(=O)Nc3ccc(Br)cc32)cc1C1CCCC1. The summed E-state index contributed by atoms with van der Waals surface area (Å²) in [6, 6.07) is 12.1. The highest BCUT2D eigenvalue weighted by atomic mass is 79.9. The Hall–Kier alpha value is -2.07. The third-order valence-electron chi connectivity index (χ3n) is 5.12. The fraction of sp³-hybridized carbons (Fsp3) is 0.286. The highest BCUT2D eigenvalue weighted by molar-refractivity contribution is 9.10. The molecule has 128 valence electrons. The van der Waals surface area contributed by atoms with Gasteiger partial charge in [0.1, 0.15) is 5.75 Å². The van der Waals surface area contributed by atoms with Crippen LogP contribution in [-0.2, 0) is 4.79 Å². The fourth-order valence-corrected chi connectivity index (χ4v) is 4.23. The first-order valence-corrected chi connectivity index (χ1v) is 9.46. The molecule has 0 saturated heterocycles. The van der Waals surface area contributed by atoms with Gasteiger partial charge in [0.2, 0.25) is 0 Å². The summed E-state index contributed by atoms with van der Waals surface area (Å²) in [6.07, 6.45) is 6.97. The monoisotopic (exact) mass is 397 g/mol. The molecule has 0 aromatic heterocycles. The molecule has 1 fully saturated rings. The molecule has 1 N–H and O–H groups in total. The maximum atomic E-state index is 12.4. The Bertz CT molecular complexity index is 866. The molecule has 1 amide bonds. The van der Waals surface area contributed by atoms with Gasteiger partial charge in [-0.25, -0.2) is 0 Å². The fourth-order valence-electron chi connectivity index (χ4n) is 3.87. The second kappa shape index (κ2) is 6.68. The largest absolute Gasteiger partial charge is 0.496 e. The van der Waals surface area contributed by atoms with Crippen LogP contribution in [0.15, 0.2) is 40.9 Å². The maximum Gasteiger partial charge on any atom is 0.256 e. The Kier molecular flexibility index (Phi) is 4.38. The molecule has 2 aliphatic rings. The highest BCUT2D eigenvalue weighted by Gasteiger charge is 2.25. The average Bonchev–Trinajstić information content (AvgIpc) is 3.24. The Morgan fingerprint density at radius 3 is 2.72 bits per heavy atom. The molecule has 0 unspecified atom stereocenters. The van der Waals surface area contributed by atoms with Crippen molar-refractivity contribution >= 4 is 39.2 Å². The van der Waals surface area contributed by atoms with E-state index in [4.69, 9.17) is 4.74 Å². The summed E-state index contributed by atoms with van der Waals surface area (Å²) in [5, 5.41) is 2.93. The predicted molar refractivity (Wildman–Crippen MR) is 105 cm³/mol. The highest BCUT2D eigenvalue weighted by Crippen LogP contribution is 2.40. The number of methoxy groups -OCH3 is 1. The van der Waals surface area contributed by atoms with Gasteiger partial charge >= 0.3 is 0 Å². The molecule has 3 nitrogen and oxygen atoms in total. The quantitative estimate of drug-likeness (QED) is 0.683. The normalized spacial score (nSPS) is 18.5. The van der Waals surface area contributed by atoms with Crippen molar-refractivity contribution in [3.8, 4) is 5.75 Å². The molecular formula is C21H20BrNO2. The number of hydrogen-bond acceptors (Lipinski definition) is 2. The van der Waals surface area contributed by atoms with E-state index >= 15 is 0 Å². The number of nitrogens with one attached hydrogen (secondary N) is 1. The molecule has 0 radical (unpaired) electrons. The van der Waals surface area contributed by atoms with Crippen LogP contribution in [0.25, 0.3) is 11.6 Å². The van der Waals surface area contributed by atoms with Crippen LogP contribution in [0.3, 0.4) is 0 Å². The number of ether oxygens (including phenoxy) is 1. The number of rotatable bonds is 3. The number of anilines is 1. The number of carbonyl (C=O) groups excluding carboxylic acids is 1. The van der Waals surface area contributed by atoms with E-state index in [1.165, 1.54) is 31.2 Å². The van der Waals surface area contributed by atoms with Crippen molar-refractivity contribution in [3.05, 3.63) is 57.6 Å². The first-order valence-electron chi connectivity index (χ1n) is 8.66. The third-order valence-corrected chi connectivity index (χ3v) is 5.62. The molecule has 1 heterocycles. The van der Waals surface area contributed by atoms with E-state index in [2.05, 4.69) is 27.3 Å². The molecule has 1 aliphatic carbocycles. The third kappa shape index (κ3) is 3.11. The van der Waals surface area contributed by atoms with Crippen LogP contribution in [0.2, 0.25) is 0 Å². The minimum atomic E-state index is -0.0497. The van der Waals surface area contributed by atoms with E-state index in [-0.39, 0.29) is 5.91 Å². The zero-order valence-electron chi connectivity index (χ0n) is 14.1. The Morgan fingerprint density at radius 1 is 1.16 bits per heavy atom. The van der Waals surface area contributed by atoms with Crippen LogP contribution < -0.4 is 10.1 Å². The minimum Gasteiger partial charge on any atom is -0.496 e. The van der Waals surface area contributed by atoms with Crippen molar-refractivity contribution in [1.29, 1.82) is 0 Å². The molecule has 0 bridgehead atoms. The van der Waals surface area contributed by atoms with Gasteiger partial charge < -0.3 is 10.1 Å². The zero-order valence-corrected chi connectivity index (χ0v) is 15.7. The lowest BCUT2D eigenvalue weighted by Gasteiger charge is -2.15. The zero-order chi connectivity index (χ0) is 17.4. The Balaban J connectivity index is 1.76. The Labute approximate surface area is 156 Å². The van der Waals surface area contributed by atoms with Gasteiger partial charge in [0, 0.05) is 21.3 Å². The summed E-state index contributed by atoms with van der Waals surface area (Å²) < 4.78 is 6.54. The minimum absolute atomic E-state index is 0.0497. The first-order chi connectivity index (χ1) is 12.2. The molecule has 0 spiro atoms. The molecule has 2 aromatic carbocycles. The number of hydrogen-bond donors (Lipinski definition) is 1. The lowest BCUT2D eigenvalue weighted by molar-refractivity contribution is -0.110. The number of benzene rings is 2.